The van der Waals surface area contributed by atoms with Crippen LogP contribution in [-0.4, -0.2) is 51.8 Å². The van der Waals surface area contributed by atoms with E-state index < -0.39 is 0 Å². The highest BCUT2D eigenvalue weighted by molar-refractivity contribution is 14.0. The van der Waals surface area contributed by atoms with Crippen LogP contribution in [-0.2, 0) is 19.5 Å². The summed E-state index contributed by atoms with van der Waals surface area (Å²) in [6.07, 6.45) is 4.59. The zero-order chi connectivity index (χ0) is 19.3. The largest absolute Gasteiger partial charge is 0.352 e. The molecule has 1 aromatic heterocycles. The number of aryl methyl sites for hydroxylation is 1. The van der Waals surface area contributed by atoms with Gasteiger partial charge in [0.15, 0.2) is 11.8 Å². The predicted octanol–water partition coefficient (Wildman–Crippen LogP) is 2.73. The van der Waals surface area contributed by atoms with Gasteiger partial charge in [0, 0.05) is 45.2 Å². The van der Waals surface area contributed by atoms with Gasteiger partial charge in [0.25, 0.3) is 0 Å². The molecule has 1 aromatic carbocycles. The van der Waals surface area contributed by atoms with Gasteiger partial charge in [-0.05, 0) is 31.7 Å². The average Bonchev–Trinajstić information content (AvgIpc) is 3.38. The van der Waals surface area contributed by atoms with E-state index in [1.165, 1.54) is 18.4 Å². The van der Waals surface area contributed by atoms with Crippen LogP contribution >= 0.6 is 24.0 Å². The van der Waals surface area contributed by atoms with Crippen molar-refractivity contribution in [3.05, 3.63) is 47.5 Å². The Hall–Kier alpha value is -1.68. The number of nitrogens with one attached hydrogen (secondary N) is 2. The van der Waals surface area contributed by atoms with E-state index in [0.29, 0.717) is 18.6 Å². The first-order chi connectivity index (χ1) is 13.7. The average molecular weight is 509 g/mol. The lowest BCUT2D eigenvalue weighted by Crippen LogP contribution is -2.44. The Bertz CT molecular complexity index is 805. The molecular formula is C21H32IN7. The van der Waals surface area contributed by atoms with E-state index in [9.17, 15) is 0 Å². The van der Waals surface area contributed by atoms with E-state index >= 15 is 0 Å². The zero-order valence-electron chi connectivity index (χ0n) is 17.3. The maximum atomic E-state index is 4.41. The second-order valence-electron chi connectivity index (χ2n) is 7.78. The number of likely N-dealkylation sites (tertiary alicyclic amines) is 1. The molecule has 2 aliphatic heterocycles. The van der Waals surface area contributed by atoms with Crippen molar-refractivity contribution in [3.8, 4) is 0 Å². The van der Waals surface area contributed by atoms with E-state index in [2.05, 4.69) is 72.5 Å². The Morgan fingerprint density at radius 1 is 1.21 bits per heavy atom. The van der Waals surface area contributed by atoms with Crippen LogP contribution in [0.4, 0.5) is 0 Å². The van der Waals surface area contributed by atoms with Gasteiger partial charge >= 0.3 is 0 Å². The van der Waals surface area contributed by atoms with E-state index in [1.807, 2.05) is 7.05 Å². The number of halogens is 1. The number of benzene rings is 1. The molecule has 4 rings (SSSR count). The molecule has 158 valence electrons. The SMILES string of the molecule is CN=C(NCc1nnc2n1CCCC2)NC1CCN(C(C)c2ccccc2)C1.I. The Labute approximate surface area is 190 Å². The first-order valence-corrected chi connectivity index (χ1v) is 10.4. The highest BCUT2D eigenvalue weighted by Gasteiger charge is 2.27. The van der Waals surface area contributed by atoms with Gasteiger partial charge in [0.05, 0.1) is 6.54 Å². The molecule has 2 unspecified atom stereocenters. The molecule has 0 amide bonds. The number of hydrogen-bond donors (Lipinski definition) is 2. The summed E-state index contributed by atoms with van der Waals surface area (Å²) in [5.74, 6) is 2.96. The van der Waals surface area contributed by atoms with Crippen molar-refractivity contribution in [1.82, 2.24) is 30.3 Å². The topological polar surface area (TPSA) is 70.4 Å². The van der Waals surface area contributed by atoms with Crippen molar-refractivity contribution in [2.45, 2.75) is 57.8 Å². The molecule has 2 aromatic rings. The summed E-state index contributed by atoms with van der Waals surface area (Å²) in [5, 5.41) is 15.7. The van der Waals surface area contributed by atoms with Gasteiger partial charge in [-0.15, -0.1) is 34.2 Å². The number of fused-ring (bicyclic) bond motifs is 1. The number of hydrogen-bond acceptors (Lipinski definition) is 4. The zero-order valence-corrected chi connectivity index (χ0v) is 19.7. The molecule has 2 aliphatic rings. The van der Waals surface area contributed by atoms with Gasteiger partial charge in [-0.2, -0.15) is 0 Å². The van der Waals surface area contributed by atoms with Crippen molar-refractivity contribution in [2.24, 2.45) is 4.99 Å². The Morgan fingerprint density at radius 3 is 2.83 bits per heavy atom. The van der Waals surface area contributed by atoms with Crippen LogP contribution in [0.15, 0.2) is 35.3 Å². The number of aliphatic imine (C=N–C) groups is 1. The van der Waals surface area contributed by atoms with Gasteiger partial charge in [0.1, 0.15) is 5.82 Å². The predicted molar refractivity (Wildman–Crippen MR) is 127 cm³/mol. The van der Waals surface area contributed by atoms with Gasteiger partial charge in [-0.25, -0.2) is 0 Å². The van der Waals surface area contributed by atoms with E-state index in [1.54, 1.807) is 0 Å². The van der Waals surface area contributed by atoms with Crippen molar-refractivity contribution in [1.29, 1.82) is 0 Å². The molecule has 0 saturated carbocycles. The lowest BCUT2D eigenvalue weighted by atomic mass is 10.1. The fraction of sp³-hybridized carbons (Fsp3) is 0.571. The van der Waals surface area contributed by atoms with Gasteiger partial charge in [-0.3, -0.25) is 9.89 Å². The Morgan fingerprint density at radius 2 is 2.03 bits per heavy atom. The third kappa shape index (κ3) is 5.28. The second-order valence-corrected chi connectivity index (χ2v) is 7.78. The summed E-state index contributed by atoms with van der Waals surface area (Å²) in [5.41, 5.74) is 1.38. The molecule has 0 spiro atoms. The van der Waals surface area contributed by atoms with Gasteiger partial charge in [-0.1, -0.05) is 30.3 Å². The number of rotatable bonds is 5. The summed E-state index contributed by atoms with van der Waals surface area (Å²) in [6, 6.07) is 11.6. The summed E-state index contributed by atoms with van der Waals surface area (Å²) in [7, 11) is 1.83. The number of nitrogens with zero attached hydrogens (tertiary/aromatic N) is 5. The Balaban J connectivity index is 0.00000240. The lowest BCUT2D eigenvalue weighted by Gasteiger charge is -2.25. The van der Waals surface area contributed by atoms with Crippen molar-refractivity contribution in [2.75, 3.05) is 20.1 Å². The molecule has 7 nitrogen and oxygen atoms in total. The van der Waals surface area contributed by atoms with Crippen molar-refractivity contribution < 1.29 is 0 Å². The van der Waals surface area contributed by atoms with Crippen molar-refractivity contribution in [3.63, 3.8) is 0 Å². The van der Waals surface area contributed by atoms with Gasteiger partial charge in [0.2, 0.25) is 0 Å². The molecule has 8 heteroatoms. The van der Waals surface area contributed by atoms with Crippen LogP contribution in [0.25, 0.3) is 0 Å². The molecule has 2 atom stereocenters. The number of guanidine groups is 1. The molecule has 0 bridgehead atoms. The molecule has 0 radical (unpaired) electrons. The van der Waals surface area contributed by atoms with Gasteiger partial charge < -0.3 is 15.2 Å². The third-order valence-electron chi connectivity index (χ3n) is 5.96. The maximum absolute atomic E-state index is 4.41. The van der Waals surface area contributed by atoms with Crippen LogP contribution in [0.5, 0.6) is 0 Å². The minimum Gasteiger partial charge on any atom is -0.352 e. The lowest BCUT2D eigenvalue weighted by molar-refractivity contribution is 0.258. The Kier molecular flexibility index (Phi) is 7.88. The van der Waals surface area contributed by atoms with Crippen LogP contribution in [0.2, 0.25) is 0 Å². The molecular weight excluding hydrogens is 477 g/mol. The maximum Gasteiger partial charge on any atom is 0.191 e. The molecule has 29 heavy (non-hydrogen) atoms. The van der Waals surface area contributed by atoms with E-state index in [-0.39, 0.29) is 24.0 Å². The minimum atomic E-state index is 0. The van der Waals surface area contributed by atoms with Crippen molar-refractivity contribution >= 4 is 29.9 Å². The van der Waals surface area contributed by atoms with Crippen LogP contribution in [0, 0.1) is 0 Å². The quantitative estimate of drug-likeness (QED) is 0.369. The standard InChI is InChI=1S/C21H31N7.HI/c1-16(17-8-4-3-5-9-17)27-13-11-18(15-27)24-21(22-2)23-14-20-26-25-19-10-6-7-12-28(19)20;/h3-5,8-9,16,18H,6-7,10-15H2,1-2H3,(H2,22,23,24);1H. The summed E-state index contributed by atoms with van der Waals surface area (Å²) in [6.45, 7) is 6.10. The van der Waals surface area contributed by atoms with Crippen LogP contribution in [0.1, 0.15) is 49.4 Å². The normalized spacial score (nSPS) is 20.6. The first kappa shape index (κ1) is 22.0. The smallest absolute Gasteiger partial charge is 0.191 e. The third-order valence-corrected chi connectivity index (χ3v) is 5.96. The molecule has 3 heterocycles. The molecule has 1 fully saturated rings. The highest BCUT2D eigenvalue weighted by Crippen LogP contribution is 2.24. The summed E-state index contributed by atoms with van der Waals surface area (Å²) in [4.78, 5) is 6.95. The second kappa shape index (κ2) is 10.4. The van der Waals surface area contributed by atoms with Crippen LogP contribution in [0.3, 0.4) is 0 Å². The highest BCUT2D eigenvalue weighted by atomic mass is 127. The molecule has 2 N–H and O–H groups in total. The monoisotopic (exact) mass is 509 g/mol. The molecule has 0 aliphatic carbocycles. The van der Waals surface area contributed by atoms with Crippen LogP contribution < -0.4 is 10.6 Å². The fourth-order valence-corrected chi connectivity index (χ4v) is 4.25. The molecule has 1 saturated heterocycles. The summed E-state index contributed by atoms with van der Waals surface area (Å²) < 4.78 is 2.25. The van der Waals surface area contributed by atoms with E-state index in [0.717, 1.165) is 50.1 Å². The van der Waals surface area contributed by atoms with E-state index in [4.69, 9.17) is 0 Å². The minimum absolute atomic E-state index is 0. The summed E-state index contributed by atoms with van der Waals surface area (Å²) >= 11 is 0. The fourth-order valence-electron chi connectivity index (χ4n) is 4.25. The first-order valence-electron chi connectivity index (χ1n) is 10.4. The number of aromatic nitrogens is 3.